The Morgan fingerprint density at radius 1 is 1.24 bits per heavy atom. The van der Waals surface area contributed by atoms with Crippen LogP contribution in [0.25, 0.3) is 0 Å². The number of hydrogen-bond acceptors (Lipinski definition) is 4. The minimum absolute atomic E-state index is 0.164. The predicted molar refractivity (Wildman–Crippen MR) is 109 cm³/mol. The molecule has 0 saturated heterocycles. The molecule has 0 aliphatic rings. The summed E-state index contributed by atoms with van der Waals surface area (Å²) in [6.07, 6.45) is 3.00. The monoisotopic (exact) mass is 367 g/mol. The number of methoxy groups -OCH3 is 1. The first kappa shape index (κ1) is 21.6. The van der Waals surface area contributed by atoms with E-state index >= 15 is 0 Å². The van der Waals surface area contributed by atoms with Gasteiger partial charge in [0.25, 0.3) is 0 Å². The van der Waals surface area contributed by atoms with Crippen LogP contribution in [0.1, 0.15) is 31.4 Å². The summed E-state index contributed by atoms with van der Waals surface area (Å²) in [5, 5.41) is 6.75. The number of benzene rings is 1. The molecular weight excluding hydrogens is 334 g/mol. The Hall–Kier alpha value is -1.40. The number of rotatable bonds is 10. The fourth-order valence-electron chi connectivity index (χ4n) is 2.10. The highest BCUT2D eigenvalue weighted by Crippen LogP contribution is 2.21. The number of aliphatic imine (C=N–C) groups is 1. The summed E-state index contributed by atoms with van der Waals surface area (Å²) >= 11 is 1.84. The van der Waals surface area contributed by atoms with Crippen LogP contribution >= 0.6 is 11.8 Å². The van der Waals surface area contributed by atoms with E-state index < -0.39 is 0 Å². The van der Waals surface area contributed by atoms with Crippen molar-refractivity contribution >= 4 is 17.7 Å². The Bertz CT molecular complexity index is 547. The van der Waals surface area contributed by atoms with Gasteiger partial charge in [0.15, 0.2) is 5.96 Å². The van der Waals surface area contributed by atoms with Crippen LogP contribution in [0.15, 0.2) is 23.2 Å². The van der Waals surface area contributed by atoms with Crippen molar-refractivity contribution in [2.75, 3.05) is 40.2 Å². The highest BCUT2D eigenvalue weighted by molar-refractivity contribution is 7.99. The second kappa shape index (κ2) is 11.3. The van der Waals surface area contributed by atoms with Crippen LogP contribution in [-0.4, -0.2) is 50.9 Å². The molecule has 0 spiro atoms. The van der Waals surface area contributed by atoms with E-state index in [0.29, 0.717) is 19.8 Å². The number of thioether (sulfide) groups is 1. The maximum atomic E-state index is 5.93. The summed E-state index contributed by atoms with van der Waals surface area (Å²) in [6, 6.07) is 6.29. The normalized spacial score (nSPS) is 12.2. The van der Waals surface area contributed by atoms with Gasteiger partial charge in [-0.05, 0) is 38.7 Å². The SMILES string of the molecule is CN=C(NCc1ccc(C)cc1OCCCOC)NCC(C)(C)SC. The quantitative estimate of drug-likeness (QED) is 0.378. The first-order valence-corrected chi connectivity index (χ1v) is 9.85. The first-order chi connectivity index (χ1) is 11.9. The van der Waals surface area contributed by atoms with Crippen LogP contribution in [0.2, 0.25) is 0 Å². The molecule has 1 rings (SSSR count). The van der Waals surface area contributed by atoms with Crippen LogP contribution in [0, 0.1) is 6.92 Å². The van der Waals surface area contributed by atoms with E-state index in [4.69, 9.17) is 9.47 Å². The molecule has 25 heavy (non-hydrogen) atoms. The third-order valence-corrected chi connectivity index (χ3v) is 5.13. The third-order valence-electron chi connectivity index (χ3n) is 3.88. The molecule has 142 valence electrons. The molecule has 1 aromatic rings. The number of guanidine groups is 1. The molecular formula is C19H33N3O2S. The lowest BCUT2D eigenvalue weighted by atomic mass is 10.1. The zero-order valence-corrected chi connectivity index (χ0v) is 17.3. The Labute approximate surface area is 157 Å². The molecule has 0 fully saturated rings. The van der Waals surface area contributed by atoms with Gasteiger partial charge in [0.1, 0.15) is 5.75 Å². The van der Waals surface area contributed by atoms with Crippen molar-refractivity contribution in [3.05, 3.63) is 29.3 Å². The topological polar surface area (TPSA) is 54.9 Å². The second-order valence-corrected chi connectivity index (χ2v) is 8.06. The zero-order chi connectivity index (χ0) is 18.7. The molecule has 0 aliphatic heterocycles. The largest absolute Gasteiger partial charge is 0.493 e. The van der Waals surface area contributed by atoms with Crippen molar-refractivity contribution < 1.29 is 9.47 Å². The molecule has 2 N–H and O–H groups in total. The van der Waals surface area contributed by atoms with Crippen LogP contribution in [0.5, 0.6) is 5.75 Å². The van der Waals surface area contributed by atoms with Gasteiger partial charge in [0.2, 0.25) is 0 Å². The van der Waals surface area contributed by atoms with Gasteiger partial charge in [-0.15, -0.1) is 0 Å². The van der Waals surface area contributed by atoms with E-state index in [-0.39, 0.29) is 4.75 Å². The lowest BCUT2D eigenvalue weighted by molar-refractivity contribution is 0.171. The average Bonchev–Trinajstić information content (AvgIpc) is 2.60. The smallest absolute Gasteiger partial charge is 0.191 e. The molecule has 0 heterocycles. The number of aryl methyl sites for hydroxylation is 1. The van der Waals surface area contributed by atoms with Gasteiger partial charge in [-0.2, -0.15) is 11.8 Å². The summed E-state index contributed by atoms with van der Waals surface area (Å²) in [4.78, 5) is 4.30. The van der Waals surface area contributed by atoms with Crippen molar-refractivity contribution in [3.63, 3.8) is 0 Å². The van der Waals surface area contributed by atoms with Crippen LogP contribution in [0.3, 0.4) is 0 Å². The fourth-order valence-corrected chi connectivity index (χ4v) is 2.31. The summed E-state index contributed by atoms with van der Waals surface area (Å²) in [6.45, 7) is 9.37. The number of ether oxygens (including phenoxy) is 2. The zero-order valence-electron chi connectivity index (χ0n) is 16.4. The Morgan fingerprint density at radius 3 is 2.64 bits per heavy atom. The van der Waals surface area contributed by atoms with Crippen molar-refractivity contribution in [1.82, 2.24) is 10.6 Å². The first-order valence-electron chi connectivity index (χ1n) is 8.63. The molecule has 0 aromatic heterocycles. The van der Waals surface area contributed by atoms with E-state index in [1.54, 1.807) is 14.2 Å². The van der Waals surface area contributed by atoms with Gasteiger partial charge in [0, 0.05) is 50.6 Å². The lowest BCUT2D eigenvalue weighted by Crippen LogP contribution is -2.43. The maximum Gasteiger partial charge on any atom is 0.191 e. The molecule has 1 aromatic carbocycles. The standard InChI is InChI=1S/C19H33N3O2S/c1-15-8-9-16(17(12-15)24-11-7-10-23-5)13-21-18(20-4)22-14-19(2,3)25-6/h8-9,12H,7,10-11,13-14H2,1-6H3,(H2,20,21,22). The number of nitrogens with zero attached hydrogens (tertiary/aromatic N) is 1. The van der Waals surface area contributed by atoms with Crippen molar-refractivity contribution in [2.24, 2.45) is 4.99 Å². The van der Waals surface area contributed by atoms with Gasteiger partial charge in [-0.1, -0.05) is 12.1 Å². The molecule has 0 radical (unpaired) electrons. The van der Waals surface area contributed by atoms with Gasteiger partial charge < -0.3 is 20.1 Å². The average molecular weight is 368 g/mol. The van der Waals surface area contributed by atoms with Gasteiger partial charge in [-0.25, -0.2) is 0 Å². The minimum Gasteiger partial charge on any atom is -0.493 e. The van der Waals surface area contributed by atoms with E-state index in [1.165, 1.54) is 5.56 Å². The maximum absolute atomic E-state index is 5.93. The molecule has 0 saturated carbocycles. The number of hydrogen-bond donors (Lipinski definition) is 2. The van der Waals surface area contributed by atoms with Crippen LogP contribution in [0.4, 0.5) is 0 Å². The summed E-state index contributed by atoms with van der Waals surface area (Å²) in [5.74, 6) is 1.72. The van der Waals surface area contributed by atoms with Gasteiger partial charge in [-0.3, -0.25) is 4.99 Å². The Kier molecular flexibility index (Phi) is 9.75. The predicted octanol–water partition coefficient (Wildman–Crippen LogP) is 3.22. The van der Waals surface area contributed by atoms with Crippen LogP contribution < -0.4 is 15.4 Å². The molecule has 0 amide bonds. The van der Waals surface area contributed by atoms with E-state index in [2.05, 4.69) is 60.9 Å². The number of nitrogens with one attached hydrogen (secondary N) is 2. The minimum atomic E-state index is 0.164. The highest BCUT2D eigenvalue weighted by atomic mass is 32.2. The molecule has 6 heteroatoms. The van der Waals surface area contributed by atoms with E-state index in [9.17, 15) is 0 Å². The van der Waals surface area contributed by atoms with Gasteiger partial charge >= 0.3 is 0 Å². The summed E-state index contributed by atoms with van der Waals surface area (Å²) in [7, 11) is 3.50. The third kappa shape index (κ3) is 8.50. The molecule has 0 unspecified atom stereocenters. The molecule has 0 aliphatic carbocycles. The lowest BCUT2D eigenvalue weighted by Gasteiger charge is -2.24. The summed E-state index contributed by atoms with van der Waals surface area (Å²) in [5.41, 5.74) is 2.31. The van der Waals surface area contributed by atoms with Crippen molar-refractivity contribution in [1.29, 1.82) is 0 Å². The van der Waals surface area contributed by atoms with Crippen molar-refractivity contribution in [3.8, 4) is 5.75 Å². The van der Waals surface area contributed by atoms with Crippen LogP contribution in [-0.2, 0) is 11.3 Å². The van der Waals surface area contributed by atoms with E-state index in [0.717, 1.165) is 30.2 Å². The Balaban J connectivity index is 2.62. The van der Waals surface area contributed by atoms with Crippen molar-refractivity contribution in [2.45, 2.75) is 38.5 Å². The second-order valence-electron chi connectivity index (χ2n) is 6.55. The van der Waals surface area contributed by atoms with E-state index in [1.807, 2.05) is 11.8 Å². The highest BCUT2D eigenvalue weighted by Gasteiger charge is 2.16. The molecule has 0 bridgehead atoms. The summed E-state index contributed by atoms with van der Waals surface area (Å²) < 4.78 is 11.2. The molecule has 0 atom stereocenters. The fraction of sp³-hybridized carbons (Fsp3) is 0.632. The Morgan fingerprint density at radius 2 is 2.00 bits per heavy atom. The molecule has 5 nitrogen and oxygen atoms in total. The van der Waals surface area contributed by atoms with Gasteiger partial charge in [0.05, 0.1) is 6.61 Å².